The van der Waals surface area contributed by atoms with Crippen molar-refractivity contribution in [2.45, 2.75) is 37.9 Å². The summed E-state index contributed by atoms with van der Waals surface area (Å²) in [5.74, 6) is -1.25. The molecule has 4 aromatic rings. The van der Waals surface area contributed by atoms with E-state index in [0.29, 0.717) is 38.7 Å². The van der Waals surface area contributed by atoms with Gasteiger partial charge in [0, 0.05) is 38.3 Å². The fraction of sp³-hybridized carbons (Fsp3) is 0.367. The molecular weight excluding hydrogens is 647 g/mol. The molecule has 0 spiro atoms. The number of methoxy groups -OCH3 is 2. The van der Waals surface area contributed by atoms with Gasteiger partial charge < -0.3 is 41.7 Å². The van der Waals surface area contributed by atoms with E-state index in [1.807, 2.05) is 12.1 Å². The number of ether oxygens (including phenoxy) is 5. The summed E-state index contributed by atoms with van der Waals surface area (Å²) in [6.07, 6.45) is -3.46. The fourth-order valence-corrected chi connectivity index (χ4v) is 5.35. The molecule has 1 saturated heterocycles. The van der Waals surface area contributed by atoms with Gasteiger partial charge in [-0.2, -0.15) is 4.98 Å². The van der Waals surface area contributed by atoms with Crippen LogP contribution in [0.25, 0.3) is 11.0 Å². The van der Waals surface area contributed by atoms with Crippen LogP contribution < -0.4 is 25.2 Å². The van der Waals surface area contributed by atoms with Crippen LogP contribution >= 0.6 is 8.60 Å². The van der Waals surface area contributed by atoms with Gasteiger partial charge in [-0.1, -0.05) is 12.1 Å². The van der Waals surface area contributed by atoms with Crippen molar-refractivity contribution in [1.29, 1.82) is 0 Å². The van der Waals surface area contributed by atoms with Crippen LogP contribution in [-0.4, -0.2) is 62.7 Å². The number of benzene rings is 2. The number of hydrogen-bond acceptors (Lipinski definition) is 12. The third-order valence-electron chi connectivity index (χ3n) is 6.90. The lowest BCUT2D eigenvalue weighted by molar-refractivity contribution is -0.119. The molecule has 14 nitrogen and oxygen atoms in total. The quantitative estimate of drug-likeness (QED) is 0.161. The second kappa shape index (κ2) is 15.0. The molecule has 1 aliphatic heterocycles. The molecule has 0 bridgehead atoms. The van der Waals surface area contributed by atoms with E-state index in [9.17, 15) is 18.4 Å². The van der Waals surface area contributed by atoms with Gasteiger partial charge in [0.2, 0.25) is 6.23 Å². The Hall–Kier alpha value is -4.34. The second-order valence-corrected chi connectivity index (χ2v) is 11.5. The van der Waals surface area contributed by atoms with Gasteiger partial charge in [0.05, 0.1) is 26.9 Å². The highest BCUT2D eigenvalue weighted by atomic mass is 31.2. The maximum atomic E-state index is 14.7. The smallest absolute Gasteiger partial charge is 0.413 e. The molecule has 2 atom stereocenters. The fourth-order valence-electron chi connectivity index (χ4n) is 4.70. The van der Waals surface area contributed by atoms with Gasteiger partial charge in [-0.05, 0) is 35.9 Å². The molecule has 1 aliphatic rings. The Morgan fingerprint density at radius 3 is 2.49 bits per heavy atom. The molecule has 47 heavy (non-hydrogen) atoms. The van der Waals surface area contributed by atoms with Gasteiger partial charge in [-0.3, -0.25) is 9.88 Å². The largest absolute Gasteiger partial charge is 0.497 e. The Morgan fingerprint density at radius 1 is 1.04 bits per heavy atom. The van der Waals surface area contributed by atoms with Crippen LogP contribution in [-0.2, 0) is 36.3 Å². The van der Waals surface area contributed by atoms with E-state index in [0.717, 1.165) is 11.6 Å². The minimum absolute atomic E-state index is 0.103. The zero-order chi connectivity index (χ0) is 33.6. The lowest BCUT2D eigenvalue weighted by Gasteiger charge is -2.20. The molecule has 2 aromatic heterocycles. The van der Waals surface area contributed by atoms with Crippen LogP contribution in [0, 0.1) is 0 Å². The Balaban J connectivity index is 1.10. The van der Waals surface area contributed by atoms with Crippen molar-refractivity contribution < 1.29 is 55.2 Å². The third-order valence-corrected chi connectivity index (χ3v) is 7.85. The number of hydrogen-bond donors (Lipinski definition) is 1. The summed E-state index contributed by atoms with van der Waals surface area (Å²) in [7, 11) is 4.13. The Bertz CT molecular complexity index is 1730. The number of aromatic nitrogens is 2. The van der Waals surface area contributed by atoms with Crippen LogP contribution in [0.2, 0.25) is 0 Å². The minimum atomic E-state index is -3.38. The Kier molecular flexibility index (Phi) is 10.9. The number of furan rings is 1. The molecule has 5 rings (SSSR count). The average molecular weight is 680 g/mol. The highest BCUT2D eigenvalue weighted by Crippen LogP contribution is 2.44. The summed E-state index contributed by atoms with van der Waals surface area (Å²) in [5.41, 5.74) is 0.180. The van der Waals surface area contributed by atoms with Crippen LogP contribution in [0.4, 0.5) is 19.4 Å². The predicted octanol–water partition coefficient (Wildman–Crippen LogP) is 5.79. The summed E-state index contributed by atoms with van der Waals surface area (Å²) in [5, 5.41) is 3.12. The van der Waals surface area contributed by atoms with Crippen LogP contribution in [0.15, 0.2) is 63.9 Å². The van der Waals surface area contributed by atoms with E-state index < -0.39 is 45.1 Å². The Morgan fingerprint density at radius 2 is 1.81 bits per heavy atom. The molecule has 0 aliphatic carbocycles. The van der Waals surface area contributed by atoms with E-state index in [-0.39, 0.29) is 25.6 Å². The summed E-state index contributed by atoms with van der Waals surface area (Å²) in [6, 6.07) is 13.4. The van der Waals surface area contributed by atoms with Crippen LogP contribution in [0.3, 0.4) is 0 Å². The average Bonchev–Trinajstić information content (AvgIpc) is 3.62. The Labute approximate surface area is 268 Å². The summed E-state index contributed by atoms with van der Waals surface area (Å²) < 4.78 is 78.1. The van der Waals surface area contributed by atoms with E-state index in [2.05, 4.69) is 10.3 Å². The first-order chi connectivity index (χ1) is 22.6. The molecule has 1 fully saturated rings. The topological polar surface area (TPSA) is 151 Å². The van der Waals surface area contributed by atoms with Crippen molar-refractivity contribution in [3.63, 3.8) is 0 Å². The summed E-state index contributed by atoms with van der Waals surface area (Å²) in [4.78, 5) is 28.6. The first kappa shape index (κ1) is 34.0. The monoisotopic (exact) mass is 679 g/mol. The van der Waals surface area contributed by atoms with Crippen LogP contribution in [0.1, 0.15) is 24.0 Å². The lowest BCUT2D eigenvalue weighted by Crippen LogP contribution is -2.35. The number of alkyl halides is 2. The summed E-state index contributed by atoms with van der Waals surface area (Å²) >= 11 is 0. The predicted molar refractivity (Wildman–Crippen MR) is 163 cm³/mol. The first-order valence-corrected chi connectivity index (χ1v) is 15.2. The number of amides is 1. The van der Waals surface area contributed by atoms with Crippen molar-refractivity contribution in [3.05, 3.63) is 76.5 Å². The number of carbonyl (C=O) groups excluding carboxylic acids is 1. The molecule has 1 N–H and O–H groups in total. The SMILES string of the molecule is COc1cc(OC)c2oc(COc3ccc(COC(=O)Nc4ccn([C@@H]5O[C@H](COP(OC)OC)CC5(F)F)c(=O)n4)cc3)cc2c1. The number of nitrogens with zero attached hydrogens (tertiary/aromatic N) is 2. The van der Waals surface area contributed by atoms with Gasteiger partial charge in [-0.25, -0.2) is 18.4 Å². The van der Waals surface area contributed by atoms with Crippen molar-refractivity contribution in [2.24, 2.45) is 0 Å². The molecule has 252 valence electrons. The van der Waals surface area contributed by atoms with E-state index in [1.165, 1.54) is 20.3 Å². The van der Waals surface area contributed by atoms with Crippen LogP contribution in [0.5, 0.6) is 17.2 Å². The standard InChI is InChI=1S/C30H32F2N3O11P/c1-38-21-11-19-12-22(45-26(19)24(13-21)39-2)16-42-20-7-5-18(6-8-20)15-43-29(37)34-25-9-10-35(28(36)33-25)27-30(31,32)14-23(46-27)17-44-47(40-3)41-4/h5-13,23,27H,14-17H2,1-4H3,(H,33,34,36,37)/t23-,27+/m0/s1. The van der Waals surface area contributed by atoms with Gasteiger partial charge in [-0.15, -0.1) is 0 Å². The van der Waals surface area contributed by atoms with Crippen molar-refractivity contribution >= 4 is 31.5 Å². The van der Waals surface area contributed by atoms with Gasteiger partial charge >= 0.3 is 20.4 Å². The molecule has 0 saturated carbocycles. The maximum Gasteiger partial charge on any atom is 0.413 e. The molecule has 17 heteroatoms. The van der Waals surface area contributed by atoms with Crippen molar-refractivity contribution in [1.82, 2.24) is 9.55 Å². The highest BCUT2D eigenvalue weighted by molar-refractivity contribution is 7.41. The molecule has 1 amide bonds. The molecule has 2 aromatic carbocycles. The first-order valence-electron chi connectivity index (χ1n) is 14.1. The number of fused-ring (bicyclic) bond motifs is 1. The number of halogens is 2. The minimum Gasteiger partial charge on any atom is -0.497 e. The lowest BCUT2D eigenvalue weighted by atomic mass is 10.2. The number of rotatable bonds is 14. The number of nitrogens with one attached hydrogen (secondary N) is 1. The van der Waals surface area contributed by atoms with Crippen molar-refractivity contribution in [2.75, 3.05) is 40.4 Å². The van der Waals surface area contributed by atoms with E-state index >= 15 is 0 Å². The maximum absolute atomic E-state index is 14.7. The highest BCUT2D eigenvalue weighted by Gasteiger charge is 2.52. The van der Waals surface area contributed by atoms with E-state index in [4.69, 9.17) is 41.7 Å². The van der Waals surface area contributed by atoms with Crippen molar-refractivity contribution in [3.8, 4) is 17.2 Å². The molecular formula is C30H32F2N3O11P. The second-order valence-electron chi connectivity index (χ2n) is 10.1. The third kappa shape index (κ3) is 8.34. The zero-order valence-electron chi connectivity index (χ0n) is 25.8. The van der Waals surface area contributed by atoms with E-state index in [1.54, 1.807) is 44.6 Å². The molecule has 0 unspecified atom stereocenters. The molecule has 3 heterocycles. The zero-order valence-corrected chi connectivity index (χ0v) is 26.7. The number of carbonyl (C=O) groups is 1. The number of anilines is 1. The summed E-state index contributed by atoms with van der Waals surface area (Å²) in [6.45, 7) is -0.167. The molecule has 0 radical (unpaired) electrons. The van der Waals surface area contributed by atoms with Gasteiger partial charge in [0.1, 0.15) is 36.3 Å². The van der Waals surface area contributed by atoms with Gasteiger partial charge in [0.25, 0.3) is 5.92 Å². The normalized spacial score (nSPS) is 17.2. The van der Waals surface area contributed by atoms with Gasteiger partial charge in [0.15, 0.2) is 11.3 Å².